The summed E-state index contributed by atoms with van der Waals surface area (Å²) in [6, 6.07) is -0.442. The van der Waals surface area contributed by atoms with Crippen molar-refractivity contribution in [2.24, 2.45) is 0 Å². The van der Waals surface area contributed by atoms with E-state index in [1.807, 2.05) is 20.8 Å². The Morgan fingerprint density at radius 2 is 1.90 bits per heavy atom. The number of hydrogen-bond donors (Lipinski definition) is 2. The summed E-state index contributed by atoms with van der Waals surface area (Å²) in [5.41, 5.74) is 0.903. The molecule has 0 bridgehead atoms. The lowest BCUT2D eigenvalue weighted by Crippen LogP contribution is -2.29. The first kappa shape index (κ1) is 16.2. The van der Waals surface area contributed by atoms with Crippen LogP contribution in [-0.4, -0.2) is 35.1 Å². The molecule has 0 spiro atoms. The minimum absolute atomic E-state index is 0.284. The van der Waals surface area contributed by atoms with Crippen LogP contribution in [0.3, 0.4) is 0 Å². The third-order valence-electron chi connectivity index (χ3n) is 2.85. The second-order valence-corrected chi connectivity index (χ2v) is 4.46. The van der Waals surface area contributed by atoms with Gasteiger partial charge in [-0.2, -0.15) is 0 Å². The van der Waals surface area contributed by atoms with E-state index in [0.717, 1.165) is 30.2 Å². The fourth-order valence-corrected chi connectivity index (χ4v) is 1.73. The molecule has 1 rings (SSSR count). The Morgan fingerprint density at radius 3 is 2.45 bits per heavy atom. The number of rotatable bonds is 7. The molecule has 20 heavy (non-hydrogen) atoms. The fourth-order valence-electron chi connectivity index (χ4n) is 1.73. The van der Waals surface area contributed by atoms with E-state index < -0.39 is 6.04 Å². The summed E-state index contributed by atoms with van der Waals surface area (Å²) in [6.45, 7) is 10.7. The number of anilines is 2. The zero-order chi connectivity index (χ0) is 15.1. The van der Waals surface area contributed by atoms with Crippen molar-refractivity contribution in [3.63, 3.8) is 0 Å². The van der Waals surface area contributed by atoms with Crippen molar-refractivity contribution in [1.82, 2.24) is 9.97 Å². The number of aryl methyl sites for hydroxylation is 1. The van der Waals surface area contributed by atoms with Crippen molar-refractivity contribution in [3.8, 4) is 0 Å². The predicted molar refractivity (Wildman–Crippen MR) is 80.0 cm³/mol. The number of esters is 1. The monoisotopic (exact) mass is 280 g/mol. The van der Waals surface area contributed by atoms with Crippen LogP contribution in [0.25, 0.3) is 0 Å². The van der Waals surface area contributed by atoms with E-state index in [4.69, 9.17) is 4.74 Å². The summed E-state index contributed by atoms with van der Waals surface area (Å²) < 4.78 is 4.99. The van der Waals surface area contributed by atoms with Crippen molar-refractivity contribution in [1.29, 1.82) is 0 Å². The van der Waals surface area contributed by atoms with E-state index >= 15 is 0 Å². The molecule has 1 aromatic rings. The number of nitrogens with zero attached hydrogens (tertiary/aromatic N) is 2. The topological polar surface area (TPSA) is 76.1 Å². The highest BCUT2D eigenvalue weighted by Gasteiger charge is 2.17. The maximum Gasteiger partial charge on any atom is 0.328 e. The lowest BCUT2D eigenvalue weighted by Gasteiger charge is -2.17. The van der Waals surface area contributed by atoms with Gasteiger partial charge in [0.2, 0.25) is 0 Å². The van der Waals surface area contributed by atoms with Crippen molar-refractivity contribution < 1.29 is 9.53 Å². The molecule has 0 saturated carbocycles. The van der Waals surface area contributed by atoms with E-state index in [2.05, 4.69) is 20.6 Å². The number of carbonyl (C=O) groups is 1. The van der Waals surface area contributed by atoms with Gasteiger partial charge in [-0.15, -0.1) is 0 Å². The molecule has 0 aromatic carbocycles. The molecule has 1 atom stereocenters. The second kappa shape index (κ2) is 7.67. The number of nitrogens with one attached hydrogen (secondary N) is 2. The molecule has 112 valence electrons. The average molecular weight is 280 g/mol. The summed E-state index contributed by atoms with van der Waals surface area (Å²) in [7, 11) is 0. The van der Waals surface area contributed by atoms with Crippen LogP contribution < -0.4 is 10.6 Å². The van der Waals surface area contributed by atoms with Crippen molar-refractivity contribution in [2.45, 2.75) is 47.1 Å². The molecule has 0 radical (unpaired) electrons. The Bertz CT molecular complexity index is 463. The highest BCUT2D eigenvalue weighted by molar-refractivity contribution is 5.79. The Morgan fingerprint density at radius 1 is 1.25 bits per heavy atom. The average Bonchev–Trinajstić information content (AvgIpc) is 2.43. The summed E-state index contributed by atoms with van der Waals surface area (Å²) in [6.07, 6.45) is 0.737. The smallest absolute Gasteiger partial charge is 0.328 e. The van der Waals surface area contributed by atoms with E-state index in [9.17, 15) is 4.79 Å². The molecule has 1 aromatic heterocycles. The first-order valence-corrected chi connectivity index (χ1v) is 7.07. The normalized spacial score (nSPS) is 11.8. The van der Waals surface area contributed by atoms with Gasteiger partial charge in [-0.1, -0.05) is 6.92 Å². The molecule has 0 aliphatic rings. The van der Waals surface area contributed by atoms with Gasteiger partial charge in [0.1, 0.15) is 23.5 Å². The Balaban J connectivity index is 2.98. The highest BCUT2D eigenvalue weighted by atomic mass is 16.5. The van der Waals surface area contributed by atoms with Crippen LogP contribution in [0, 0.1) is 6.92 Å². The van der Waals surface area contributed by atoms with Crippen molar-refractivity contribution in [3.05, 3.63) is 11.4 Å². The van der Waals surface area contributed by atoms with Gasteiger partial charge in [-0.05, 0) is 27.7 Å². The summed E-state index contributed by atoms with van der Waals surface area (Å²) in [5, 5.41) is 6.31. The van der Waals surface area contributed by atoms with E-state index in [1.54, 1.807) is 13.8 Å². The number of ether oxygens (including phenoxy) is 1. The Kier molecular flexibility index (Phi) is 6.21. The predicted octanol–water partition coefficient (Wildman–Crippen LogP) is 2.14. The SMILES string of the molecule is CCNc1nc(CC)nc(NC(C)C(=O)OCC)c1C. The molecule has 0 amide bonds. The molecule has 6 nitrogen and oxygen atoms in total. The molecular formula is C14H24N4O2. The minimum Gasteiger partial charge on any atom is -0.464 e. The van der Waals surface area contributed by atoms with Gasteiger partial charge < -0.3 is 15.4 Å². The maximum atomic E-state index is 11.7. The maximum absolute atomic E-state index is 11.7. The third-order valence-corrected chi connectivity index (χ3v) is 2.85. The van der Waals surface area contributed by atoms with Gasteiger partial charge in [-0.25, -0.2) is 14.8 Å². The molecular weight excluding hydrogens is 256 g/mol. The molecule has 2 N–H and O–H groups in total. The lowest BCUT2D eigenvalue weighted by atomic mass is 10.2. The molecule has 1 heterocycles. The van der Waals surface area contributed by atoms with Gasteiger partial charge in [0.15, 0.2) is 0 Å². The number of hydrogen-bond acceptors (Lipinski definition) is 6. The van der Waals surface area contributed by atoms with E-state index in [1.165, 1.54) is 0 Å². The zero-order valence-electron chi connectivity index (χ0n) is 12.9. The van der Waals surface area contributed by atoms with Gasteiger partial charge in [0.25, 0.3) is 0 Å². The number of aromatic nitrogens is 2. The fraction of sp³-hybridized carbons (Fsp3) is 0.643. The standard InChI is InChI=1S/C14H24N4O2/c1-6-11-17-12(15-7-2)9(4)13(18-11)16-10(5)14(19)20-8-3/h10H,6-8H2,1-5H3,(H2,15,16,17,18). The van der Waals surface area contributed by atoms with Crippen LogP contribution in [0.4, 0.5) is 11.6 Å². The molecule has 0 aliphatic heterocycles. The van der Waals surface area contributed by atoms with Gasteiger partial charge in [-0.3, -0.25) is 0 Å². The van der Waals surface area contributed by atoms with Crippen LogP contribution in [0.15, 0.2) is 0 Å². The highest BCUT2D eigenvalue weighted by Crippen LogP contribution is 2.21. The molecule has 1 unspecified atom stereocenters. The molecule has 0 fully saturated rings. The minimum atomic E-state index is -0.442. The van der Waals surface area contributed by atoms with Crippen LogP contribution in [-0.2, 0) is 16.0 Å². The van der Waals surface area contributed by atoms with Crippen molar-refractivity contribution in [2.75, 3.05) is 23.8 Å². The van der Waals surface area contributed by atoms with E-state index in [-0.39, 0.29) is 5.97 Å². The van der Waals surface area contributed by atoms with Gasteiger partial charge >= 0.3 is 5.97 Å². The third kappa shape index (κ3) is 4.08. The van der Waals surface area contributed by atoms with Crippen LogP contribution >= 0.6 is 0 Å². The molecule has 6 heteroatoms. The zero-order valence-corrected chi connectivity index (χ0v) is 12.9. The van der Waals surface area contributed by atoms with Crippen LogP contribution in [0.5, 0.6) is 0 Å². The summed E-state index contributed by atoms with van der Waals surface area (Å²) in [4.78, 5) is 20.6. The van der Waals surface area contributed by atoms with Gasteiger partial charge in [0, 0.05) is 18.5 Å². The second-order valence-electron chi connectivity index (χ2n) is 4.46. The van der Waals surface area contributed by atoms with E-state index in [0.29, 0.717) is 12.4 Å². The lowest BCUT2D eigenvalue weighted by molar-refractivity contribution is -0.143. The summed E-state index contributed by atoms with van der Waals surface area (Å²) in [5.74, 6) is 1.94. The Labute approximate surface area is 120 Å². The van der Waals surface area contributed by atoms with Crippen LogP contribution in [0.2, 0.25) is 0 Å². The van der Waals surface area contributed by atoms with Crippen molar-refractivity contribution >= 4 is 17.6 Å². The van der Waals surface area contributed by atoms with Gasteiger partial charge in [0.05, 0.1) is 6.61 Å². The quantitative estimate of drug-likeness (QED) is 0.745. The number of carbonyl (C=O) groups excluding carboxylic acids is 1. The first-order chi connectivity index (χ1) is 9.53. The summed E-state index contributed by atoms with van der Waals surface area (Å²) >= 11 is 0. The first-order valence-electron chi connectivity index (χ1n) is 7.07. The largest absolute Gasteiger partial charge is 0.464 e. The molecule has 0 aliphatic carbocycles. The Hall–Kier alpha value is -1.85. The molecule has 0 saturated heterocycles. The van der Waals surface area contributed by atoms with Crippen LogP contribution in [0.1, 0.15) is 39.1 Å².